The van der Waals surface area contributed by atoms with Crippen molar-refractivity contribution in [2.24, 2.45) is 11.3 Å². The molecule has 0 saturated heterocycles. The molecule has 0 aliphatic heterocycles. The molecule has 0 bridgehead atoms. The van der Waals surface area contributed by atoms with Crippen molar-refractivity contribution in [3.63, 3.8) is 0 Å². The van der Waals surface area contributed by atoms with Crippen LogP contribution in [0, 0.1) is 11.3 Å². The molecule has 0 aromatic heterocycles. The smallest absolute Gasteiger partial charge is 0.338 e. The maximum Gasteiger partial charge on any atom is 0.338 e. The maximum absolute atomic E-state index is 11.7. The number of benzene rings is 1. The number of ether oxygens (including phenoxy) is 1. The summed E-state index contributed by atoms with van der Waals surface area (Å²) in [5.41, 5.74) is 0.371. The van der Waals surface area contributed by atoms with Crippen LogP contribution in [-0.2, 0) is 9.53 Å². The molecule has 2 rings (SSSR count). The first kappa shape index (κ1) is 11.8. The van der Waals surface area contributed by atoms with Crippen LogP contribution >= 0.6 is 0 Å². The van der Waals surface area contributed by atoms with Crippen molar-refractivity contribution in [1.82, 2.24) is 0 Å². The molecule has 1 aliphatic rings. The molecule has 17 heavy (non-hydrogen) atoms. The van der Waals surface area contributed by atoms with Crippen molar-refractivity contribution in [2.45, 2.75) is 20.3 Å². The first-order valence-electron chi connectivity index (χ1n) is 5.78. The average Bonchev–Trinajstić information content (AvgIpc) is 2.36. The minimum absolute atomic E-state index is 0.00827. The van der Waals surface area contributed by atoms with Gasteiger partial charge in [-0.05, 0) is 12.1 Å². The Kier molecular flexibility index (Phi) is 3.01. The summed E-state index contributed by atoms with van der Waals surface area (Å²) < 4.78 is 5.26. The van der Waals surface area contributed by atoms with Gasteiger partial charge in [0.25, 0.3) is 0 Å². The lowest BCUT2D eigenvalue weighted by atomic mass is 9.62. The summed E-state index contributed by atoms with van der Waals surface area (Å²) in [6, 6.07) is 8.90. The van der Waals surface area contributed by atoms with Gasteiger partial charge < -0.3 is 4.74 Å². The molecule has 1 fully saturated rings. The minimum atomic E-state index is -0.321. The molecular formula is C14H16O3. The van der Waals surface area contributed by atoms with Gasteiger partial charge in [-0.25, -0.2) is 4.79 Å². The van der Waals surface area contributed by atoms with Crippen LogP contribution in [0.2, 0.25) is 0 Å². The van der Waals surface area contributed by atoms with Crippen LogP contribution in [0.4, 0.5) is 0 Å². The Morgan fingerprint density at radius 1 is 1.41 bits per heavy atom. The summed E-state index contributed by atoms with van der Waals surface area (Å²) in [5, 5.41) is 0. The molecule has 2 atom stereocenters. The van der Waals surface area contributed by atoms with Gasteiger partial charge in [0.2, 0.25) is 0 Å². The quantitative estimate of drug-likeness (QED) is 0.752. The monoisotopic (exact) mass is 232 g/mol. The summed E-state index contributed by atoms with van der Waals surface area (Å²) in [7, 11) is 0. The van der Waals surface area contributed by atoms with E-state index in [9.17, 15) is 9.59 Å². The van der Waals surface area contributed by atoms with E-state index < -0.39 is 0 Å². The first-order chi connectivity index (χ1) is 8.03. The molecule has 0 amide bonds. The Balaban J connectivity index is 1.92. The molecule has 0 spiro atoms. The second-order valence-corrected chi connectivity index (χ2v) is 4.96. The fraction of sp³-hybridized carbons (Fsp3) is 0.429. The van der Waals surface area contributed by atoms with E-state index in [-0.39, 0.29) is 23.1 Å². The van der Waals surface area contributed by atoms with Crippen molar-refractivity contribution < 1.29 is 14.3 Å². The molecule has 3 heteroatoms. The number of rotatable bonds is 3. The number of hydrogen-bond acceptors (Lipinski definition) is 3. The van der Waals surface area contributed by atoms with Crippen LogP contribution in [0.1, 0.15) is 30.6 Å². The Morgan fingerprint density at radius 3 is 2.59 bits per heavy atom. The Labute approximate surface area is 101 Å². The van der Waals surface area contributed by atoms with Crippen molar-refractivity contribution in [3.05, 3.63) is 35.9 Å². The maximum atomic E-state index is 11.7. The van der Waals surface area contributed by atoms with E-state index >= 15 is 0 Å². The molecule has 0 unspecified atom stereocenters. The second kappa shape index (κ2) is 4.32. The fourth-order valence-electron chi connectivity index (χ4n) is 2.03. The third kappa shape index (κ3) is 2.23. The van der Waals surface area contributed by atoms with E-state index in [2.05, 4.69) is 0 Å². The summed E-state index contributed by atoms with van der Waals surface area (Å²) in [5.74, 6) is -0.0762. The summed E-state index contributed by atoms with van der Waals surface area (Å²) in [6.07, 6.45) is 0.510. The van der Waals surface area contributed by atoms with E-state index in [1.54, 1.807) is 24.3 Å². The van der Waals surface area contributed by atoms with Gasteiger partial charge in [0, 0.05) is 17.8 Å². The Hall–Kier alpha value is -1.64. The zero-order chi connectivity index (χ0) is 12.5. The largest absolute Gasteiger partial charge is 0.461 e. The summed E-state index contributed by atoms with van der Waals surface area (Å²) in [6.45, 7) is 4.19. The van der Waals surface area contributed by atoms with Gasteiger partial charge in [0.05, 0.1) is 12.2 Å². The average molecular weight is 232 g/mol. The van der Waals surface area contributed by atoms with E-state index in [4.69, 9.17) is 4.74 Å². The lowest BCUT2D eigenvalue weighted by molar-refractivity contribution is -0.144. The highest BCUT2D eigenvalue weighted by atomic mass is 16.5. The molecule has 90 valence electrons. The van der Waals surface area contributed by atoms with E-state index in [1.807, 2.05) is 19.9 Å². The molecule has 1 aromatic rings. The van der Waals surface area contributed by atoms with Crippen molar-refractivity contribution in [2.75, 3.05) is 6.61 Å². The van der Waals surface area contributed by atoms with Crippen molar-refractivity contribution >= 4 is 11.8 Å². The van der Waals surface area contributed by atoms with Crippen molar-refractivity contribution in [3.8, 4) is 0 Å². The predicted molar refractivity (Wildman–Crippen MR) is 63.6 cm³/mol. The number of hydrogen-bond donors (Lipinski definition) is 0. The number of Topliss-reactive ketones (excluding diaryl/α,β-unsaturated/α-hetero) is 1. The SMILES string of the molecule is C[C@H]1C(=O)C[C@@]1(C)COC(=O)c1ccccc1. The molecule has 0 heterocycles. The molecule has 1 aliphatic carbocycles. The second-order valence-electron chi connectivity index (χ2n) is 4.96. The third-order valence-corrected chi connectivity index (χ3v) is 3.65. The zero-order valence-corrected chi connectivity index (χ0v) is 10.1. The fourth-order valence-corrected chi connectivity index (χ4v) is 2.03. The highest BCUT2D eigenvalue weighted by Gasteiger charge is 2.47. The van der Waals surface area contributed by atoms with Gasteiger partial charge in [-0.15, -0.1) is 0 Å². The van der Waals surface area contributed by atoms with Crippen LogP contribution < -0.4 is 0 Å². The van der Waals surface area contributed by atoms with E-state index in [0.717, 1.165) is 0 Å². The topological polar surface area (TPSA) is 43.4 Å². The Morgan fingerprint density at radius 2 is 2.06 bits per heavy atom. The van der Waals surface area contributed by atoms with Crippen LogP contribution in [0.3, 0.4) is 0 Å². The number of esters is 1. The highest BCUT2D eigenvalue weighted by Crippen LogP contribution is 2.43. The van der Waals surface area contributed by atoms with Gasteiger partial charge in [0.1, 0.15) is 5.78 Å². The molecule has 0 radical (unpaired) electrons. The van der Waals surface area contributed by atoms with E-state index in [1.165, 1.54) is 0 Å². The summed E-state index contributed by atoms with van der Waals surface area (Å²) >= 11 is 0. The lowest BCUT2D eigenvalue weighted by Crippen LogP contribution is -2.48. The van der Waals surface area contributed by atoms with Gasteiger partial charge >= 0.3 is 5.97 Å². The predicted octanol–water partition coefficient (Wildman–Crippen LogP) is 2.46. The number of carbonyl (C=O) groups excluding carboxylic acids is 2. The van der Waals surface area contributed by atoms with Crippen LogP contribution in [-0.4, -0.2) is 18.4 Å². The third-order valence-electron chi connectivity index (χ3n) is 3.65. The van der Waals surface area contributed by atoms with Gasteiger partial charge in [-0.2, -0.15) is 0 Å². The molecule has 0 N–H and O–H groups in total. The highest BCUT2D eigenvalue weighted by molar-refractivity contribution is 5.90. The van der Waals surface area contributed by atoms with Gasteiger partial charge in [-0.3, -0.25) is 4.79 Å². The Bertz CT molecular complexity index is 438. The molecule has 1 aromatic carbocycles. The van der Waals surface area contributed by atoms with Crippen molar-refractivity contribution in [1.29, 1.82) is 0 Å². The normalized spacial score (nSPS) is 27.4. The van der Waals surface area contributed by atoms with Gasteiger partial charge in [0.15, 0.2) is 0 Å². The van der Waals surface area contributed by atoms with Gasteiger partial charge in [-0.1, -0.05) is 32.0 Å². The standard InChI is InChI=1S/C14H16O3/c1-10-12(15)8-14(10,2)9-17-13(16)11-6-4-3-5-7-11/h3-7,10H,8-9H2,1-2H3/t10-,14-/m0/s1. The number of ketones is 1. The first-order valence-corrected chi connectivity index (χ1v) is 5.78. The van der Waals surface area contributed by atoms with Crippen LogP contribution in [0.15, 0.2) is 30.3 Å². The number of carbonyl (C=O) groups is 2. The molecule has 3 nitrogen and oxygen atoms in total. The van der Waals surface area contributed by atoms with E-state index in [0.29, 0.717) is 18.6 Å². The zero-order valence-electron chi connectivity index (χ0n) is 10.1. The minimum Gasteiger partial charge on any atom is -0.461 e. The summed E-state index contributed by atoms with van der Waals surface area (Å²) in [4.78, 5) is 22.9. The molecular weight excluding hydrogens is 216 g/mol. The van der Waals surface area contributed by atoms with Crippen LogP contribution in [0.5, 0.6) is 0 Å². The molecule has 1 saturated carbocycles. The lowest BCUT2D eigenvalue weighted by Gasteiger charge is -2.42. The van der Waals surface area contributed by atoms with Crippen LogP contribution in [0.25, 0.3) is 0 Å².